The minimum Gasteiger partial charge on any atom is -0.467 e. The lowest BCUT2D eigenvalue weighted by molar-refractivity contribution is -0.142. The molecule has 0 aliphatic heterocycles. The van der Waals surface area contributed by atoms with Gasteiger partial charge in [0.05, 0.1) is 18.3 Å². The molecule has 9 heteroatoms. The summed E-state index contributed by atoms with van der Waals surface area (Å²) >= 11 is 0. The van der Waals surface area contributed by atoms with Crippen molar-refractivity contribution in [1.82, 2.24) is 30.2 Å². The Kier molecular flexibility index (Phi) is 6.79. The van der Waals surface area contributed by atoms with Gasteiger partial charge in [0, 0.05) is 18.9 Å². The summed E-state index contributed by atoms with van der Waals surface area (Å²) in [6.45, 7) is 0.363. The molecule has 1 unspecified atom stereocenters. The zero-order chi connectivity index (χ0) is 24.7. The first kappa shape index (κ1) is 23.0. The van der Waals surface area contributed by atoms with E-state index >= 15 is 0 Å². The number of carbonyl (C=O) groups excluding carboxylic acids is 2. The van der Waals surface area contributed by atoms with Gasteiger partial charge in [0.15, 0.2) is 0 Å². The summed E-state index contributed by atoms with van der Waals surface area (Å²) in [5.74, 6) is 0.0154. The molecule has 36 heavy (non-hydrogen) atoms. The molecule has 3 heterocycles. The van der Waals surface area contributed by atoms with Gasteiger partial charge < -0.3 is 14.6 Å². The van der Waals surface area contributed by atoms with Crippen LogP contribution in [-0.2, 0) is 29.2 Å². The molecular formula is C27H24N6O3. The van der Waals surface area contributed by atoms with Crippen molar-refractivity contribution in [2.45, 2.75) is 25.7 Å². The van der Waals surface area contributed by atoms with Crippen LogP contribution in [0.2, 0.25) is 0 Å². The van der Waals surface area contributed by atoms with Crippen LogP contribution < -0.4 is 5.32 Å². The third-order valence-corrected chi connectivity index (χ3v) is 5.82. The number of hydrogen-bond acceptors (Lipinski definition) is 6. The highest BCUT2D eigenvalue weighted by atomic mass is 16.3. The number of rotatable bonds is 9. The number of para-hydroxylation sites is 1. The normalized spacial score (nSPS) is 11.8. The van der Waals surface area contributed by atoms with Gasteiger partial charge in [-0.05, 0) is 47.5 Å². The van der Waals surface area contributed by atoms with Crippen LogP contribution >= 0.6 is 0 Å². The van der Waals surface area contributed by atoms with Gasteiger partial charge in [-0.1, -0.05) is 47.7 Å². The van der Waals surface area contributed by atoms with Crippen LogP contribution in [0.15, 0.2) is 102 Å². The molecule has 5 rings (SSSR count). The van der Waals surface area contributed by atoms with Gasteiger partial charge in [-0.3, -0.25) is 14.6 Å². The third-order valence-electron chi connectivity index (χ3n) is 5.82. The van der Waals surface area contributed by atoms with E-state index in [9.17, 15) is 9.59 Å². The molecule has 0 spiro atoms. The Morgan fingerprint density at radius 2 is 1.72 bits per heavy atom. The molecule has 1 atom stereocenters. The molecule has 2 amide bonds. The molecule has 0 bridgehead atoms. The van der Waals surface area contributed by atoms with Crippen LogP contribution in [0.1, 0.15) is 22.9 Å². The lowest BCUT2D eigenvalue weighted by Crippen LogP contribution is -2.44. The zero-order valence-electron chi connectivity index (χ0n) is 19.4. The Hall–Kier alpha value is -4.79. The molecule has 9 nitrogen and oxygen atoms in total. The number of benzene rings is 2. The number of nitrogens with one attached hydrogen (secondary N) is 1. The monoisotopic (exact) mass is 480 g/mol. The van der Waals surface area contributed by atoms with E-state index in [0.29, 0.717) is 16.8 Å². The standard InChI is InChI=1S/C27H24N6O3/c34-25(19-33-24-11-5-4-10-23(24)30-31-33)32(18-20-7-2-1-3-8-20)26(21-12-14-28-15-13-21)27(35)29-17-22-9-6-16-36-22/h1-16,26H,17-19H2,(H,29,35). The Balaban J connectivity index is 1.49. The molecular weight excluding hydrogens is 456 g/mol. The number of pyridine rings is 1. The molecule has 0 aliphatic rings. The molecule has 3 aromatic heterocycles. The lowest BCUT2D eigenvalue weighted by atomic mass is 10.0. The Morgan fingerprint density at radius 3 is 2.50 bits per heavy atom. The second-order valence-corrected chi connectivity index (χ2v) is 8.22. The van der Waals surface area contributed by atoms with Crippen molar-refractivity contribution in [2.24, 2.45) is 0 Å². The van der Waals surface area contributed by atoms with Gasteiger partial charge in [0.2, 0.25) is 11.8 Å². The largest absolute Gasteiger partial charge is 0.467 e. The van der Waals surface area contributed by atoms with Crippen LogP contribution in [0.4, 0.5) is 0 Å². The molecule has 5 aromatic rings. The summed E-state index contributed by atoms with van der Waals surface area (Å²) in [5.41, 5.74) is 2.98. The molecule has 0 saturated carbocycles. The fraction of sp³-hybridized carbons (Fsp3) is 0.148. The van der Waals surface area contributed by atoms with Gasteiger partial charge >= 0.3 is 0 Å². The summed E-state index contributed by atoms with van der Waals surface area (Å²) < 4.78 is 6.92. The van der Waals surface area contributed by atoms with E-state index in [2.05, 4.69) is 20.6 Å². The predicted octanol–water partition coefficient (Wildman–Crippen LogP) is 3.51. The van der Waals surface area contributed by atoms with E-state index in [0.717, 1.165) is 11.1 Å². The topological polar surface area (TPSA) is 106 Å². The number of furan rings is 1. The second kappa shape index (κ2) is 10.6. The molecule has 0 fully saturated rings. The van der Waals surface area contributed by atoms with Crippen LogP contribution in [-0.4, -0.2) is 36.7 Å². The first-order chi connectivity index (χ1) is 17.7. The number of fused-ring (bicyclic) bond motifs is 1. The minimum absolute atomic E-state index is 0.0691. The van der Waals surface area contributed by atoms with Crippen molar-refractivity contribution < 1.29 is 14.0 Å². The SMILES string of the molecule is O=C(NCc1ccco1)C(c1ccncc1)N(Cc1ccccc1)C(=O)Cn1nnc2ccccc21. The fourth-order valence-electron chi connectivity index (χ4n) is 4.06. The molecule has 0 saturated heterocycles. The maximum Gasteiger partial charge on any atom is 0.247 e. The van der Waals surface area contributed by atoms with Crippen LogP contribution in [0, 0.1) is 0 Å². The van der Waals surface area contributed by atoms with E-state index in [-0.39, 0.29) is 31.4 Å². The first-order valence-corrected chi connectivity index (χ1v) is 11.5. The highest BCUT2D eigenvalue weighted by Gasteiger charge is 2.32. The van der Waals surface area contributed by atoms with Crippen molar-refractivity contribution in [1.29, 1.82) is 0 Å². The predicted molar refractivity (Wildman–Crippen MR) is 132 cm³/mol. The molecule has 1 N–H and O–H groups in total. The van der Waals surface area contributed by atoms with Crippen LogP contribution in [0.5, 0.6) is 0 Å². The van der Waals surface area contributed by atoms with E-state index in [1.807, 2.05) is 54.6 Å². The van der Waals surface area contributed by atoms with E-state index in [1.165, 1.54) is 0 Å². The zero-order valence-corrected chi connectivity index (χ0v) is 19.4. The van der Waals surface area contributed by atoms with Crippen LogP contribution in [0.25, 0.3) is 11.0 Å². The van der Waals surface area contributed by atoms with Crippen molar-refractivity contribution in [3.8, 4) is 0 Å². The Labute approximate surface area is 207 Å². The molecule has 2 aromatic carbocycles. The van der Waals surface area contributed by atoms with Crippen molar-refractivity contribution in [2.75, 3.05) is 0 Å². The smallest absolute Gasteiger partial charge is 0.247 e. The van der Waals surface area contributed by atoms with Gasteiger partial charge in [0.25, 0.3) is 0 Å². The van der Waals surface area contributed by atoms with E-state index < -0.39 is 6.04 Å². The molecule has 180 valence electrons. The van der Waals surface area contributed by atoms with Crippen LogP contribution in [0.3, 0.4) is 0 Å². The van der Waals surface area contributed by atoms with E-state index in [1.54, 1.807) is 52.5 Å². The highest BCUT2D eigenvalue weighted by molar-refractivity contribution is 5.89. The Bertz CT molecular complexity index is 1430. The van der Waals surface area contributed by atoms with Gasteiger partial charge in [-0.25, -0.2) is 4.68 Å². The third kappa shape index (κ3) is 5.15. The maximum atomic E-state index is 13.8. The quantitative estimate of drug-likeness (QED) is 0.346. The van der Waals surface area contributed by atoms with Gasteiger partial charge in [-0.15, -0.1) is 5.10 Å². The van der Waals surface area contributed by atoms with Crippen molar-refractivity contribution in [3.05, 3.63) is 114 Å². The summed E-state index contributed by atoms with van der Waals surface area (Å²) in [6.07, 6.45) is 4.77. The van der Waals surface area contributed by atoms with Gasteiger partial charge in [-0.2, -0.15) is 0 Å². The summed E-state index contributed by atoms with van der Waals surface area (Å²) in [5, 5.41) is 11.2. The lowest BCUT2D eigenvalue weighted by Gasteiger charge is -2.31. The second-order valence-electron chi connectivity index (χ2n) is 8.22. The number of carbonyl (C=O) groups is 2. The fourth-order valence-corrected chi connectivity index (χ4v) is 4.06. The maximum absolute atomic E-state index is 13.8. The van der Waals surface area contributed by atoms with Crippen molar-refractivity contribution in [3.63, 3.8) is 0 Å². The average molecular weight is 481 g/mol. The summed E-state index contributed by atoms with van der Waals surface area (Å²) in [4.78, 5) is 33.1. The van der Waals surface area contributed by atoms with Gasteiger partial charge in [0.1, 0.15) is 23.9 Å². The number of nitrogens with zero attached hydrogens (tertiary/aromatic N) is 5. The van der Waals surface area contributed by atoms with Crippen molar-refractivity contribution >= 4 is 22.8 Å². The Morgan fingerprint density at radius 1 is 0.944 bits per heavy atom. The molecule has 0 aliphatic carbocycles. The summed E-state index contributed by atoms with van der Waals surface area (Å²) in [6, 6.07) is 23.1. The molecule has 0 radical (unpaired) electrons. The highest BCUT2D eigenvalue weighted by Crippen LogP contribution is 2.24. The minimum atomic E-state index is -0.898. The summed E-state index contributed by atoms with van der Waals surface area (Å²) in [7, 11) is 0. The van der Waals surface area contributed by atoms with E-state index in [4.69, 9.17) is 4.42 Å². The number of amides is 2. The number of aromatic nitrogens is 4. The number of hydrogen-bond donors (Lipinski definition) is 1. The first-order valence-electron chi connectivity index (χ1n) is 11.5. The average Bonchev–Trinajstić information content (AvgIpc) is 3.59.